The number of nitrogens with zero attached hydrogens (tertiary/aromatic N) is 2. The van der Waals surface area contributed by atoms with Crippen LogP contribution in [0.3, 0.4) is 0 Å². The van der Waals surface area contributed by atoms with Crippen LogP contribution in [0.15, 0.2) is 10.6 Å². The number of ether oxygens (including phenoxy) is 1. The van der Waals surface area contributed by atoms with Crippen molar-refractivity contribution in [3.8, 4) is 0 Å². The fourth-order valence-electron chi connectivity index (χ4n) is 3.27. The molecule has 0 radical (unpaired) electrons. The zero-order chi connectivity index (χ0) is 17.4. The van der Waals surface area contributed by atoms with Crippen molar-refractivity contribution in [2.45, 2.75) is 32.5 Å². The quantitative estimate of drug-likeness (QED) is 0.870. The fraction of sp³-hybridized carbons (Fsp3) is 0.500. The van der Waals surface area contributed by atoms with E-state index in [0.29, 0.717) is 24.3 Å². The van der Waals surface area contributed by atoms with Gasteiger partial charge in [0.05, 0.1) is 23.3 Å². The second kappa shape index (κ2) is 6.37. The number of morpholine rings is 1. The molecule has 1 saturated heterocycles. The first-order chi connectivity index (χ1) is 11.4. The van der Waals surface area contributed by atoms with E-state index in [1.54, 1.807) is 6.07 Å². The zero-order valence-corrected chi connectivity index (χ0v) is 13.6. The van der Waals surface area contributed by atoms with Crippen molar-refractivity contribution in [3.63, 3.8) is 0 Å². The lowest BCUT2D eigenvalue weighted by Gasteiger charge is -2.37. The average molecular weight is 337 g/mol. The number of hydrogen-bond acceptors (Lipinski definition) is 6. The summed E-state index contributed by atoms with van der Waals surface area (Å²) in [4.78, 5) is 13.3. The molecule has 24 heavy (non-hydrogen) atoms. The Kier molecular flexibility index (Phi) is 4.42. The molecule has 3 N–H and O–H groups in total. The van der Waals surface area contributed by atoms with Crippen molar-refractivity contribution in [3.05, 3.63) is 23.1 Å². The predicted molar refractivity (Wildman–Crippen MR) is 85.5 cm³/mol. The normalized spacial score (nSPS) is 21.4. The van der Waals surface area contributed by atoms with E-state index < -0.39 is 11.7 Å². The van der Waals surface area contributed by atoms with Gasteiger partial charge >= 0.3 is 0 Å². The zero-order valence-electron chi connectivity index (χ0n) is 13.6. The number of rotatable bonds is 4. The number of aliphatic hydroxyl groups excluding tert-OH is 1. The maximum Gasteiger partial charge on any atom is 0.271 e. The number of hydrogen-bond donors (Lipinski definition) is 2. The van der Waals surface area contributed by atoms with Gasteiger partial charge in [0, 0.05) is 19.7 Å². The highest BCUT2D eigenvalue weighted by Gasteiger charge is 2.29. The molecule has 0 bridgehead atoms. The Morgan fingerprint density at radius 1 is 1.46 bits per heavy atom. The highest BCUT2D eigenvalue weighted by molar-refractivity contribution is 6.04. The molecule has 130 valence electrons. The molecule has 0 spiro atoms. The van der Waals surface area contributed by atoms with Crippen molar-refractivity contribution >= 4 is 22.6 Å². The summed E-state index contributed by atoms with van der Waals surface area (Å²) >= 11 is 0. The molecular formula is C16H20FN3O4. The summed E-state index contributed by atoms with van der Waals surface area (Å²) in [5.74, 6) is -1.39. The van der Waals surface area contributed by atoms with E-state index in [1.165, 1.54) is 0 Å². The van der Waals surface area contributed by atoms with Crippen LogP contribution in [0.4, 0.5) is 10.1 Å². The van der Waals surface area contributed by atoms with E-state index in [1.807, 2.05) is 18.7 Å². The predicted octanol–water partition coefficient (Wildman–Crippen LogP) is 1.21. The molecular weight excluding hydrogens is 317 g/mol. The molecule has 7 nitrogen and oxygen atoms in total. The minimum Gasteiger partial charge on any atom is -0.396 e. The summed E-state index contributed by atoms with van der Waals surface area (Å²) < 4.78 is 25.8. The number of benzene rings is 1. The number of aromatic nitrogens is 1. The molecule has 2 aromatic rings. The third-order valence-electron chi connectivity index (χ3n) is 4.11. The number of fused-ring (bicyclic) bond motifs is 1. The highest BCUT2D eigenvalue weighted by atomic mass is 19.1. The Morgan fingerprint density at radius 3 is 2.71 bits per heavy atom. The lowest BCUT2D eigenvalue weighted by Crippen LogP contribution is -2.46. The summed E-state index contributed by atoms with van der Waals surface area (Å²) in [6.45, 7) is 4.73. The molecule has 0 aliphatic carbocycles. The van der Waals surface area contributed by atoms with Crippen molar-refractivity contribution in [2.75, 3.05) is 24.6 Å². The van der Waals surface area contributed by atoms with Gasteiger partial charge in [0.25, 0.3) is 5.91 Å². The topological polar surface area (TPSA) is 102 Å². The summed E-state index contributed by atoms with van der Waals surface area (Å²) in [6, 6.07) is 1.62. The molecule has 2 heterocycles. The smallest absolute Gasteiger partial charge is 0.271 e. The number of primary amides is 1. The number of carbonyl (C=O) groups is 1. The van der Waals surface area contributed by atoms with Gasteiger partial charge in [0.2, 0.25) is 5.58 Å². The van der Waals surface area contributed by atoms with E-state index in [2.05, 4.69) is 5.16 Å². The van der Waals surface area contributed by atoms with Gasteiger partial charge in [-0.25, -0.2) is 4.39 Å². The minimum atomic E-state index is -0.788. The van der Waals surface area contributed by atoms with E-state index in [9.17, 15) is 9.90 Å². The Hall–Kier alpha value is -2.19. The second-order valence-electron chi connectivity index (χ2n) is 6.11. The average Bonchev–Trinajstić information content (AvgIpc) is 2.91. The standard InChI is InChI=1S/C16H20FN3O4/c1-8-6-20(7-9(2)23-8)14-10(3-4-21)5-11-13(16(18)22)19-24-15(11)12(14)17/h5,8-9,21H,3-4,6-7H2,1-2H3,(H2,18,22). The lowest BCUT2D eigenvalue weighted by molar-refractivity contribution is -0.00544. The Balaban J connectivity index is 2.17. The van der Waals surface area contributed by atoms with E-state index in [-0.39, 0.29) is 41.9 Å². The van der Waals surface area contributed by atoms with Gasteiger partial charge in [-0.2, -0.15) is 0 Å². The summed E-state index contributed by atoms with van der Waals surface area (Å²) in [5, 5.41) is 13.1. The van der Waals surface area contributed by atoms with Crippen molar-refractivity contribution < 1.29 is 23.6 Å². The first kappa shape index (κ1) is 16.7. The number of amides is 1. The molecule has 1 fully saturated rings. The lowest BCUT2D eigenvalue weighted by atomic mass is 10.0. The summed E-state index contributed by atoms with van der Waals surface area (Å²) in [6.07, 6.45) is 0.134. The van der Waals surface area contributed by atoms with Crippen molar-refractivity contribution in [1.29, 1.82) is 0 Å². The largest absolute Gasteiger partial charge is 0.396 e. The van der Waals surface area contributed by atoms with E-state index in [4.69, 9.17) is 15.0 Å². The van der Waals surface area contributed by atoms with E-state index in [0.717, 1.165) is 0 Å². The summed E-state index contributed by atoms with van der Waals surface area (Å²) in [5.41, 5.74) is 5.97. The molecule has 1 amide bonds. The van der Waals surface area contributed by atoms with Gasteiger partial charge in [-0.15, -0.1) is 0 Å². The van der Waals surface area contributed by atoms with Crippen LogP contribution in [0.2, 0.25) is 0 Å². The van der Waals surface area contributed by atoms with Crippen LogP contribution in [0.25, 0.3) is 11.0 Å². The highest BCUT2D eigenvalue weighted by Crippen LogP contribution is 2.35. The third-order valence-corrected chi connectivity index (χ3v) is 4.11. The van der Waals surface area contributed by atoms with Crippen LogP contribution in [0.1, 0.15) is 29.9 Å². The van der Waals surface area contributed by atoms with Crippen LogP contribution >= 0.6 is 0 Å². The maximum absolute atomic E-state index is 15.1. The fourth-order valence-corrected chi connectivity index (χ4v) is 3.27. The van der Waals surface area contributed by atoms with Crippen molar-refractivity contribution in [2.24, 2.45) is 5.73 Å². The van der Waals surface area contributed by atoms with Gasteiger partial charge < -0.3 is 25.0 Å². The summed E-state index contributed by atoms with van der Waals surface area (Å²) in [7, 11) is 0. The van der Waals surface area contributed by atoms with Crippen LogP contribution in [-0.2, 0) is 11.2 Å². The van der Waals surface area contributed by atoms with Gasteiger partial charge in [0.1, 0.15) is 0 Å². The number of nitrogens with two attached hydrogens (primary N) is 1. The van der Waals surface area contributed by atoms with Crippen LogP contribution < -0.4 is 10.6 Å². The minimum absolute atomic E-state index is 0.0540. The first-order valence-electron chi connectivity index (χ1n) is 7.84. The molecule has 3 rings (SSSR count). The Bertz CT molecular complexity index is 766. The number of aliphatic hydroxyl groups is 1. The van der Waals surface area contributed by atoms with Crippen LogP contribution in [-0.4, -0.2) is 48.1 Å². The van der Waals surface area contributed by atoms with Crippen LogP contribution in [0.5, 0.6) is 0 Å². The van der Waals surface area contributed by atoms with E-state index >= 15 is 4.39 Å². The molecule has 0 saturated carbocycles. The maximum atomic E-state index is 15.1. The Labute approximate surface area is 138 Å². The number of anilines is 1. The number of halogens is 1. The van der Waals surface area contributed by atoms with Crippen molar-refractivity contribution in [1.82, 2.24) is 5.16 Å². The molecule has 1 aromatic carbocycles. The number of carbonyl (C=O) groups excluding carboxylic acids is 1. The van der Waals surface area contributed by atoms with Gasteiger partial charge in [-0.1, -0.05) is 5.16 Å². The van der Waals surface area contributed by atoms with Gasteiger partial charge in [-0.3, -0.25) is 4.79 Å². The SMILES string of the molecule is CC1CN(c2c(CCO)cc3c(C(N)=O)noc3c2F)CC(C)O1. The third kappa shape index (κ3) is 2.83. The monoisotopic (exact) mass is 337 g/mol. The molecule has 1 aliphatic rings. The van der Waals surface area contributed by atoms with Gasteiger partial charge in [0.15, 0.2) is 11.5 Å². The molecule has 2 unspecified atom stereocenters. The van der Waals surface area contributed by atoms with Gasteiger partial charge in [-0.05, 0) is 31.9 Å². The Morgan fingerprint density at radius 2 is 2.12 bits per heavy atom. The first-order valence-corrected chi connectivity index (χ1v) is 7.84. The molecule has 8 heteroatoms. The molecule has 1 aliphatic heterocycles. The van der Waals surface area contributed by atoms with Crippen LogP contribution in [0, 0.1) is 5.82 Å². The second-order valence-corrected chi connectivity index (χ2v) is 6.11. The molecule has 2 atom stereocenters. The molecule has 1 aromatic heterocycles.